The molecule has 2 aromatic rings. The molecule has 0 unspecified atom stereocenters. The third-order valence-corrected chi connectivity index (χ3v) is 6.49. The molecule has 33 heavy (non-hydrogen) atoms. The molecule has 0 saturated carbocycles. The highest BCUT2D eigenvalue weighted by molar-refractivity contribution is 6.30. The molecule has 1 aromatic heterocycles. The summed E-state index contributed by atoms with van der Waals surface area (Å²) in [5.41, 5.74) is 1.28. The lowest BCUT2D eigenvalue weighted by atomic mass is 9.84. The number of rotatable bonds is 10. The Kier molecular flexibility index (Phi) is 9.29. The topological polar surface area (TPSA) is 108 Å². The summed E-state index contributed by atoms with van der Waals surface area (Å²) in [5, 5.41) is 21.4. The molecule has 1 saturated heterocycles. The molecule has 9 heteroatoms. The Bertz CT molecular complexity index is 900. The van der Waals surface area contributed by atoms with E-state index in [-0.39, 0.29) is 19.1 Å². The normalized spacial score (nSPS) is 15.5. The fourth-order valence-electron chi connectivity index (χ4n) is 4.13. The quantitative estimate of drug-likeness (QED) is 0.484. The van der Waals surface area contributed by atoms with Gasteiger partial charge in [0.15, 0.2) is 0 Å². The van der Waals surface area contributed by atoms with Gasteiger partial charge in [0.1, 0.15) is 5.75 Å². The van der Waals surface area contributed by atoms with Gasteiger partial charge >= 0.3 is 0 Å². The largest absolute Gasteiger partial charge is 0.494 e. The summed E-state index contributed by atoms with van der Waals surface area (Å²) in [4.78, 5) is 23.2. The highest BCUT2D eigenvalue weighted by atomic mass is 35.5. The van der Waals surface area contributed by atoms with Gasteiger partial charge in [-0.2, -0.15) is 0 Å². The van der Waals surface area contributed by atoms with Gasteiger partial charge in [-0.15, -0.1) is 0 Å². The summed E-state index contributed by atoms with van der Waals surface area (Å²) in [6.07, 6.45) is 6.42. The van der Waals surface area contributed by atoms with E-state index in [1.165, 1.54) is 0 Å². The van der Waals surface area contributed by atoms with Crippen LogP contribution in [0.4, 0.5) is 5.95 Å². The van der Waals surface area contributed by atoms with Crippen molar-refractivity contribution in [2.75, 3.05) is 37.8 Å². The van der Waals surface area contributed by atoms with Crippen LogP contribution >= 0.6 is 11.6 Å². The molecule has 0 aliphatic carbocycles. The number of nitrogens with zero attached hydrogens (tertiary/aromatic N) is 3. The molecule has 0 spiro atoms. The van der Waals surface area contributed by atoms with Crippen molar-refractivity contribution in [2.45, 2.75) is 39.2 Å². The molecule has 3 rings (SSSR count). The number of aromatic nitrogens is 2. The van der Waals surface area contributed by atoms with Crippen LogP contribution in [0.1, 0.15) is 42.1 Å². The first-order valence-corrected chi connectivity index (χ1v) is 11.8. The highest BCUT2D eigenvalue weighted by Crippen LogP contribution is 2.29. The van der Waals surface area contributed by atoms with Crippen molar-refractivity contribution < 1.29 is 19.7 Å². The van der Waals surface area contributed by atoms with E-state index >= 15 is 0 Å². The first-order valence-electron chi connectivity index (χ1n) is 11.4. The Morgan fingerprint density at radius 1 is 1.24 bits per heavy atom. The number of benzene rings is 1. The molecule has 1 amide bonds. The molecule has 3 N–H and O–H groups in total. The first kappa shape index (κ1) is 25.2. The summed E-state index contributed by atoms with van der Waals surface area (Å²) < 4.78 is 5.95. The van der Waals surface area contributed by atoms with E-state index < -0.39 is 6.04 Å². The second-order valence-electron chi connectivity index (χ2n) is 8.65. The first-order chi connectivity index (χ1) is 15.9. The fraction of sp³-hybridized carbons (Fsp3) is 0.542. The number of anilines is 1. The molecule has 1 aromatic carbocycles. The van der Waals surface area contributed by atoms with Gasteiger partial charge in [-0.1, -0.05) is 18.5 Å². The number of aliphatic hydroxyl groups is 2. The Labute approximate surface area is 200 Å². The van der Waals surface area contributed by atoms with Crippen LogP contribution in [0, 0.1) is 18.8 Å². The minimum absolute atomic E-state index is 0.311. The monoisotopic (exact) mass is 476 g/mol. The SMILES string of the molecule is Cc1cc(OCC[C@@H](C)C2CCN(c3ncc(Cl)cn3)CC2)ccc1C(=O)NC(CO)CO. The van der Waals surface area contributed by atoms with Crippen LogP contribution in [-0.4, -0.2) is 65.0 Å². The van der Waals surface area contributed by atoms with Crippen molar-refractivity contribution in [3.05, 3.63) is 46.7 Å². The predicted octanol–water partition coefficient (Wildman–Crippen LogP) is 2.84. The average molecular weight is 477 g/mol. The van der Waals surface area contributed by atoms with E-state index in [1.807, 2.05) is 13.0 Å². The lowest BCUT2D eigenvalue weighted by Crippen LogP contribution is -2.40. The molecule has 0 bridgehead atoms. The number of amides is 1. The second-order valence-corrected chi connectivity index (χ2v) is 9.09. The van der Waals surface area contributed by atoms with Crippen LogP contribution in [0.25, 0.3) is 0 Å². The number of ether oxygens (including phenoxy) is 1. The van der Waals surface area contributed by atoms with Gasteiger partial charge in [-0.3, -0.25) is 4.79 Å². The summed E-state index contributed by atoms with van der Waals surface area (Å²) in [7, 11) is 0. The van der Waals surface area contributed by atoms with Crippen molar-refractivity contribution in [1.29, 1.82) is 0 Å². The van der Waals surface area contributed by atoms with Crippen molar-refractivity contribution in [3.63, 3.8) is 0 Å². The summed E-state index contributed by atoms with van der Waals surface area (Å²) in [5.74, 6) is 2.32. The zero-order valence-electron chi connectivity index (χ0n) is 19.2. The third kappa shape index (κ3) is 7.03. The number of aliphatic hydroxyl groups excluding tert-OH is 2. The smallest absolute Gasteiger partial charge is 0.251 e. The number of aryl methyl sites for hydroxylation is 1. The molecule has 1 aliphatic rings. The zero-order valence-corrected chi connectivity index (χ0v) is 20.0. The standard InChI is InChI=1S/C24H33ClN4O4/c1-16(18-5-8-29(9-6-18)24-26-12-19(25)13-27-24)7-10-33-21-3-4-22(17(2)11-21)23(32)28-20(14-30)15-31/h3-4,11-13,16,18,20,30-31H,5-10,14-15H2,1-2H3,(H,28,32)/t16-/m1/s1. The average Bonchev–Trinajstić information content (AvgIpc) is 2.83. The van der Waals surface area contributed by atoms with Crippen molar-refractivity contribution in [1.82, 2.24) is 15.3 Å². The number of carbonyl (C=O) groups excluding carboxylic acids is 1. The molecule has 1 aliphatic heterocycles. The second kappa shape index (κ2) is 12.2. The van der Waals surface area contributed by atoms with Crippen LogP contribution in [0.2, 0.25) is 5.02 Å². The molecular formula is C24H33ClN4O4. The summed E-state index contributed by atoms with van der Waals surface area (Å²) in [6.45, 7) is 5.99. The van der Waals surface area contributed by atoms with Gasteiger partial charge in [-0.25, -0.2) is 9.97 Å². The maximum atomic E-state index is 12.3. The van der Waals surface area contributed by atoms with E-state index in [0.717, 1.165) is 49.6 Å². The minimum atomic E-state index is -0.667. The van der Waals surface area contributed by atoms with Crippen LogP contribution < -0.4 is 15.0 Å². The number of carbonyl (C=O) groups is 1. The van der Waals surface area contributed by atoms with Gasteiger partial charge in [0.2, 0.25) is 5.95 Å². The molecule has 0 radical (unpaired) electrons. The van der Waals surface area contributed by atoms with Crippen LogP contribution in [0.5, 0.6) is 5.75 Å². The van der Waals surface area contributed by atoms with Gasteiger partial charge in [0, 0.05) is 18.7 Å². The lowest BCUT2D eigenvalue weighted by molar-refractivity contribution is 0.0878. The Morgan fingerprint density at radius 2 is 1.91 bits per heavy atom. The van der Waals surface area contributed by atoms with Crippen LogP contribution in [-0.2, 0) is 0 Å². The summed E-state index contributed by atoms with van der Waals surface area (Å²) in [6, 6.07) is 4.67. The van der Waals surface area contributed by atoms with Gasteiger partial charge in [0.05, 0.1) is 43.3 Å². The number of nitrogens with one attached hydrogen (secondary N) is 1. The van der Waals surface area contributed by atoms with E-state index in [9.17, 15) is 4.79 Å². The van der Waals surface area contributed by atoms with Crippen molar-refractivity contribution >= 4 is 23.5 Å². The predicted molar refractivity (Wildman–Crippen MR) is 128 cm³/mol. The lowest BCUT2D eigenvalue weighted by Gasteiger charge is -2.34. The number of piperidine rings is 1. The van der Waals surface area contributed by atoms with Crippen molar-refractivity contribution in [2.24, 2.45) is 11.8 Å². The highest BCUT2D eigenvalue weighted by Gasteiger charge is 2.25. The van der Waals surface area contributed by atoms with E-state index in [4.69, 9.17) is 26.6 Å². The third-order valence-electron chi connectivity index (χ3n) is 6.29. The van der Waals surface area contributed by atoms with Gasteiger partial charge in [0.25, 0.3) is 5.91 Å². The minimum Gasteiger partial charge on any atom is -0.494 e. The zero-order chi connectivity index (χ0) is 23.8. The van der Waals surface area contributed by atoms with Crippen LogP contribution in [0.3, 0.4) is 0 Å². The number of halogens is 1. The Balaban J connectivity index is 1.43. The van der Waals surface area contributed by atoms with Crippen molar-refractivity contribution in [3.8, 4) is 5.75 Å². The molecule has 1 fully saturated rings. The fourth-order valence-corrected chi connectivity index (χ4v) is 4.23. The number of hydrogen-bond acceptors (Lipinski definition) is 7. The maximum Gasteiger partial charge on any atom is 0.251 e. The van der Waals surface area contributed by atoms with E-state index in [1.54, 1.807) is 24.5 Å². The van der Waals surface area contributed by atoms with Gasteiger partial charge in [-0.05, 0) is 61.8 Å². The molecule has 180 valence electrons. The molecule has 1 atom stereocenters. The molecular weight excluding hydrogens is 444 g/mol. The molecule has 8 nitrogen and oxygen atoms in total. The maximum absolute atomic E-state index is 12.3. The Hall–Kier alpha value is -2.42. The molecule has 2 heterocycles. The van der Waals surface area contributed by atoms with Gasteiger partial charge < -0.3 is 25.2 Å². The van der Waals surface area contributed by atoms with E-state index in [0.29, 0.717) is 29.0 Å². The number of hydrogen-bond donors (Lipinski definition) is 3. The van der Waals surface area contributed by atoms with E-state index in [2.05, 4.69) is 27.1 Å². The Morgan fingerprint density at radius 3 is 2.52 bits per heavy atom. The van der Waals surface area contributed by atoms with Crippen LogP contribution in [0.15, 0.2) is 30.6 Å². The summed E-state index contributed by atoms with van der Waals surface area (Å²) >= 11 is 5.88.